The van der Waals surface area contributed by atoms with Gasteiger partial charge in [-0.05, 0) is 5.56 Å². The van der Waals surface area contributed by atoms with E-state index in [4.69, 9.17) is 0 Å². The van der Waals surface area contributed by atoms with Gasteiger partial charge >= 0.3 is 0 Å². The van der Waals surface area contributed by atoms with Crippen LogP contribution in [-0.4, -0.2) is 29.4 Å². The highest BCUT2D eigenvalue weighted by Gasteiger charge is 2.19. The van der Waals surface area contributed by atoms with E-state index >= 15 is 0 Å². The van der Waals surface area contributed by atoms with Crippen molar-refractivity contribution < 1.29 is 8.78 Å². The maximum Gasteiger partial charge on any atom is 0.287 e. The van der Waals surface area contributed by atoms with Crippen molar-refractivity contribution in [3.63, 3.8) is 0 Å². The van der Waals surface area contributed by atoms with Crippen LogP contribution in [0.1, 0.15) is 23.1 Å². The van der Waals surface area contributed by atoms with Crippen molar-refractivity contribution >= 4 is 17.3 Å². The highest BCUT2D eigenvalue weighted by Crippen LogP contribution is 2.24. The van der Waals surface area contributed by atoms with Crippen LogP contribution in [0.5, 0.6) is 0 Å². The first kappa shape index (κ1) is 19.5. The molecule has 0 unspecified atom stereocenters. The number of fused-ring (bicyclic) bond motifs is 1. The van der Waals surface area contributed by atoms with E-state index in [0.717, 1.165) is 32.7 Å². The zero-order valence-corrected chi connectivity index (χ0v) is 15.8. The summed E-state index contributed by atoms with van der Waals surface area (Å²) in [6.45, 7) is 0. The minimum atomic E-state index is -2.55. The number of thioether (sulfide) groups is 1. The highest BCUT2D eigenvalue weighted by atomic mass is 32.2. The molecule has 0 fully saturated rings. The molecular formula is C18H11F2N7O2S. The Balaban J connectivity index is 1.79. The fraction of sp³-hybridized carbons (Fsp3) is 0.111. The Hall–Kier alpha value is -3.85. The molecular weight excluding hydrogens is 416 g/mol. The Labute approximate surface area is 170 Å². The maximum atomic E-state index is 13.1. The molecule has 0 spiro atoms. The standard InChI is InChI=1S/C18H11F2N7O2S/c19-16(20)11-3-1-10(2-4-11)9-30-18-25-27-15(12(5-21)6-24-27)17(29)26(18)13-7-23-14(28)8-22-13/h1-4,6-8,16H,9H2,(H,23,28). The van der Waals surface area contributed by atoms with Gasteiger partial charge in [-0.15, -0.1) is 9.73 Å². The van der Waals surface area contributed by atoms with Gasteiger partial charge in [-0.3, -0.25) is 9.59 Å². The first-order valence-corrected chi connectivity index (χ1v) is 9.42. The minimum absolute atomic E-state index is 0.0314. The van der Waals surface area contributed by atoms with E-state index in [-0.39, 0.29) is 27.6 Å². The first-order chi connectivity index (χ1) is 14.5. The molecule has 0 amide bonds. The summed E-state index contributed by atoms with van der Waals surface area (Å²) in [5.74, 6) is 0.423. The summed E-state index contributed by atoms with van der Waals surface area (Å²) >= 11 is 1.15. The van der Waals surface area contributed by atoms with Gasteiger partial charge in [0.15, 0.2) is 16.5 Å². The van der Waals surface area contributed by atoms with Crippen LogP contribution >= 0.6 is 11.8 Å². The van der Waals surface area contributed by atoms with Gasteiger partial charge in [0.2, 0.25) is 0 Å². The zero-order valence-electron chi connectivity index (χ0n) is 15.0. The van der Waals surface area contributed by atoms with Crippen molar-refractivity contribution in [3.8, 4) is 11.9 Å². The van der Waals surface area contributed by atoms with Crippen LogP contribution in [0.25, 0.3) is 11.3 Å². The molecule has 3 aromatic heterocycles. The zero-order chi connectivity index (χ0) is 21.3. The molecule has 0 aliphatic rings. The molecule has 3 heterocycles. The number of nitrogens with zero attached hydrogens (tertiary/aromatic N) is 6. The van der Waals surface area contributed by atoms with Crippen LogP contribution in [0, 0.1) is 11.3 Å². The molecule has 0 bridgehead atoms. The Morgan fingerprint density at radius 3 is 2.60 bits per heavy atom. The van der Waals surface area contributed by atoms with Crippen molar-refractivity contribution in [2.45, 2.75) is 17.3 Å². The fourth-order valence-corrected chi connectivity index (χ4v) is 3.60. The predicted molar refractivity (Wildman–Crippen MR) is 103 cm³/mol. The fourth-order valence-electron chi connectivity index (χ4n) is 2.68. The van der Waals surface area contributed by atoms with E-state index in [1.54, 1.807) is 12.1 Å². The average Bonchev–Trinajstić information content (AvgIpc) is 3.17. The lowest BCUT2D eigenvalue weighted by Crippen LogP contribution is -2.26. The van der Waals surface area contributed by atoms with Gasteiger partial charge in [0.1, 0.15) is 11.6 Å². The Morgan fingerprint density at radius 2 is 1.97 bits per heavy atom. The van der Waals surface area contributed by atoms with E-state index < -0.39 is 17.5 Å². The molecule has 0 saturated heterocycles. The average molecular weight is 427 g/mol. The second-order valence-electron chi connectivity index (χ2n) is 6.03. The minimum Gasteiger partial charge on any atom is -0.324 e. The number of nitrogens with one attached hydrogen (secondary N) is 1. The van der Waals surface area contributed by atoms with E-state index in [1.807, 2.05) is 6.07 Å². The largest absolute Gasteiger partial charge is 0.324 e. The van der Waals surface area contributed by atoms with Gasteiger partial charge in [-0.2, -0.15) is 10.4 Å². The van der Waals surface area contributed by atoms with Crippen molar-refractivity contribution in [2.75, 3.05) is 0 Å². The lowest BCUT2D eigenvalue weighted by molar-refractivity contribution is 0.151. The molecule has 0 atom stereocenters. The lowest BCUT2D eigenvalue weighted by atomic mass is 10.2. The second kappa shape index (κ2) is 7.88. The Morgan fingerprint density at radius 1 is 1.20 bits per heavy atom. The summed E-state index contributed by atoms with van der Waals surface area (Å²) in [6, 6.07) is 7.68. The Bertz CT molecular complexity index is 1370. The van der Waals surface area contributed by atoms with Crippen LogP contribution < -0.4 is 11.1 Å². The van der Waals surface area contributed by atoms with Gasteiger partial charge in [0.25, 0.3) is 17.5 Å². The summed E-state index contributed by atoms with van der Waals surface area (Å²) in [6.07, 6.45) is 0.949. The van der Waals surface area contributed by atoms with Crippen molar-refractivity contribution in [2.24, 2.45) is 0 Å². The molecule has 150 valence electrons. The molecule has 0 aliphatic carbocycles. The molecule has 0 aliphatic heterocycles. The third-order valence-corrected chi connectivity index (χ3v) is 5.14. The van der Waals surface area contributed by atoms with E-state index in [9.17, 15) is 23.6 Å². The monoisotopic (exact) mass is 427 g/mol. The van der Waals surface area contributed by atoms with Crippen LogP contribution in [0.4, 0.5) is 8.78 Å². The van der Waals surface area contributed by atoms with Crippen LogP contribution in [0.3, 0.4) is 0 Å². The molecule has 1 aromatic carbocycles. The number of hydrogen-bond donors (Lipinski definition) is 1. The van der Waals surface area contributed by atoms with Crippen molar-refractivity contribution in [1.29, 1.82) is 5.26 Å². The topological polar surface area (TPSA) is 122 Å². The summed E-state index contributed by atoms with van der Waals surface area (Å²) in [7, 11) is 0. The number of benzene rings is 1. The van der Waals surface area contributed by atoms with E-state index in [0.29, 0.717) is 5.75 Å². The van der Waals surface area contributed by atoms with Gasteiger partial charge in [0, 0.05) is 17.5 Å². The van der Waals surface area contributed by atoms with Crippen LogP contribution in [-0.2, 0) is 5.75 Å². The third-order valence-electron chi connectivity index (χ3n) is 4.14. The molecule has 0 radical (unpaired) electrons. The van der Waals surface area contributed by atoms with Gasteiger partial charge in [0.05, 0.1) is 12.4 Å². The van der Waals surface area contributed by atoms with Crippen molar-refractivity contribution in [3.05, 3.63) is 80.3 Å². The molecule has 1 N–H and O–H groups in total. The van der Waals surface area contributed by atoms with Gasteiger partial charge in [-0.25, -0.2) is 18.3 Å². The number of halogens is 2. The quantitative estimate of drug-likeness (QED) is 0.484. The van der Waals surface area contributed by atoms with Crippen molar-refractivity contribution in [1.82, 2.24) is 29.4 Å². The maximum absolute atomic E-state index is 13.1. The lowest BCUT2D eigenvalue weighted by Gasteiger charge is -2.11. The smallest absolute Gasteiger partial charge is 0.287 e. The van der Waals surface area contributed by atoms with E-state index in [2.05, 4.69) is 20.2 Å². The molecule has 30 heavy (non-hydrogen) atoms. The molecule has 12 heteroatoms. The number of alkyl halides is 2. The predicted octanol–water partition coefficient (Wildman–Crippen LogP) is 2.07. The SMILES string of the molecule is N#Cc1cnn2nc(SCc3ccc(C(F)F)cc3)n(-c3c[nH]c(=O)cn3)c(=O)c12. The highest BCUT2D eigenvalue weighted by molar-refractivity contribution is 7.98. The number of H-pyrrole nitrogens is 1. The first-order valence-electron chi connectivity index (χ1n) is 8.44. The molecule has 0 saturated carbocycles. The molecule has 4 aromatic rings. The Kier molecular flexibility index (Phi) is 5.11. The third kappa shape index (κ3) is 3.58. The summed E-state index contributed by atoms with van der Waals surface area (Å²) in [5.41, 5.74) is -0.373. The van der Waals surface area contributed by atoms with Gasteiger partial charge < -0.3 is 4.98 Å². The van der Waals surface area contributed by atoms with Gasteiger partial charge in [-0.1, -0.05) is 36.0 Å². The number of nitriles is 1. The van der Waals surface area contributed by atoms with E-state index in [1.165, 1.54) is 24.5 Å². The number of rotatable bonds is 5. The summed E-state index contributed by atoms with van der Waals surface area (Å²) in [4.78, 5) is 30.8. The summed E-state index contributed by atoms with van der Waals surface area (Å²) in [5, 5.41) is 17.7. The number of aromatic nitrogens is 6. The second-order valence-corrected chi connectivity index (χ2v) is 6.97. The van der Waals surface area contributed by atoms with Crippen LogP contribution in [0.2, 0.25) is 0 Å². The molecule has 9 nitrogen and oxygen atoms in total. The summed E-state index contributed by atoms with van der Waals surface area (Å²) < 4.78 is 27.7. The van der Waals surface area contributed by atoms with Crippen LogP contribution in [0.15, 0.2) is 57.6 Å². The molecule has 4 rings (SSSR count). The number of aromatic amines is 1. The normalized spacial score (nSPS) is 11.1. The number of hydrogen-bond acceptors (Lipinski definition) is 7.